The summed E-state index contributed by atoms with van der Waals surface area (Å²) in [7, 11) is 0. The van der Waals surface area contributed by atoms with Crippen molar-refractivity contribution in [3.63, 3.8) is 0 Å². The van der Waals surface area contributed by atoms with Crippen LogP contribution in [0.2, 0.25) is 0 Å². The van der Waals surface area contributed by atoms with Crippen LogP contribution in [-0.2, 0) is 17.5 Å². The lowest BCUT2D eigenvalue weighted by atomic mass is 10.0. The average molecular weight is 242 g/mol. The first-order valence-electron chi connectivity index (χ1n) is 5.00. The van der Waals surface area contributed by atoms with E-state index in [0.717, 1.165) is 12.1 Å². The van der Waals surface area contributed by atoms with Crippen molar-refractivity contribution in [2.45, 2.75) is 12.8 Å². The molecule has 0 N–H and O–H groups in total. The van der Waals surface area contributed by atoms with E-state index < -0.39 is 11.7 Å². The Hall–Kier alpha value is -1.55. The number of hydrogen-bond acceptors (Lipinski definition) is 1. The van der Waals surface area contributed by atoms with Gasteiger partial charge in [-0.3, -0.25) is 0 Å². The quantitative estimate of drug-likeness (QED) is 0.559. The summed E-state index contributed by atoms with van der Waals surface area (Å²) in [6.07, 6.45) is -1.29. The molecule has 0 saturated carbocycles. The Balaban J connectivity index is 2.98. The molecule has 0 aromatic heterocycles. The highest BCUT2D eigenvalue weighted by Gasteiger charge is 2.30. The molecule has 0 atom stereocenters. The van der Waals surface area contributed by atoms with Crippen LogP contribution < -0.4 is 0 Å². The van der Waals surface area contributed by atoms with Gasteiger partial charge in [-0.2, -0.15) is 13.2 Å². The van der Waals surface area contributed by atoms with E-state index in [0.29, 0.717) is 17.7 Å². The zero-order valence-corrected chi connectivity index (χ0v) is 9.26. The first kappa shape index (κ1) is 13.5. The van der Waals surface area contributed by atoms with E-state index in [1.54, 1.807) is 6.08 Å². The normalized spacial score (nSPS) is 11.2. The van der Waals surface area contributed by atoms with Crippen LogP contribution in [0, 0.1) is 0 Å². The number of rotatable bonds is 5. The second kappa shape index (κ2) is 5.68. The number of hydrogen-bond donors (Lipinski definition) is 0. The Kier molecular flexibility index (Phi) is 4.52. The molecule has 92 valence electrons. The average Bonchev–Trinajstić information content (AvgIpc) is 2.28. The van der Waals surface area contributed by atoms with E-state index in [2.05, 4.69) is 13.2 Å². The van der Waals surface area contributed by atoms with Gasteiger partial charge in [0.05, 0.1) is 18.8 Å². The van der Waals surface area contributed by atoms with Gasteiger partial charge in [-0.05, 0) is 23.3 Å². The molecule has 0 unspecified atom stereocenters. The number of alkyl halides is 3. The molecule has 0 aliphatic carbocycles. The summed E-state index contributed by atoms with van der Waals surface area (Å²) in [6.45, 7) is 7.43. The number of benzene rings is 1. The molecule has 0 heterocycles. The third kappa shape index (κ3) is 3.75. The molecule has 0 radical (unpaired) electrons. The van der Waals surface area contributed by atoms with E-state index in [-0.39, 0.29) is 6.61 Å². The lowest BCUT2D eigenvalue weighted by Crippen LogP contribution is -2.06. The van der Waals surface area contributed by atoms with Gasteiger partial charge < -0.3 is 4.74 Å². The van der Waals surface area contributed by atoms with Crippen molar-refractivity contribution >= 4 is 6.08 Å². The fourth-order valence-corrected chi connectivity index (χ4v) is 1.36. The summed E-state index contributed by atoms with van der Waals surface area (Å²) >= 11 is 0. The highest BCUT2D eigenvalue weighted by molar-refractivity contribution is 5.53. The minimum absolute atomic E-state index is 0.108. The van der Waals surface area contributed by atoms with Crippen LogP contribution >= 0.6 is 0 Å². The van der Waals surface area contributed by atoms with Gasteiger partial charge in [0.2, 0.25) is 0 Å². The molecule has 4 heteroatoms. The number of halogens is 3. The van der Waals surface area contributed by atoms with Crippen LogP contribution in [0.15, 0.2) is 37.4 Å². The third-order valence-corrected chi connectivity index (χ3v) is 2.18. The van der Waals surface area contributed by atoms with Gasteiger partial charge in [0.15, 0.2) is 0 Å². The highest BCUT2D eigenvalue weighted by atomic mass is 19.4. The standard InChI is InChI=1S/C13H13F3O/c1-3-7-17-9-11-8-12(13(14,15)16)6-5-10(11)4-2/h3-6,8H,1-2,7,9H2. The van der Waals surface area contributed by atoms with Crippen LogP contribution in [0.5, 0.6) is 0 Å². The van der Waals surface area contributed by atoms with Crippen molar-refractivity contribution in [1.82, 2.24) is 0 Å². The Labute approximate surface area is 98.2 Å². The van der Waals surface area contributed by atoms with Gasteiger partial charge in [-0.25, -0.2) is 0 Å². The molecule has 0 aliphatic rings. The van der Waals surface area contributed by atoms with Crippen LogP contribution in [0.1, 0.15) is 16.7 Å². The smallest absolute Gasteiger partial charge is 0.373 e. The molecule has 17 heavy (non-hydrogen) atoms. The number of ether oxygens (including phenoxy) is 1. The van der Waals surface area contributed by atoms with Crippen molar-refractivity contribution < 1.29 is 17.9 Å². The second-order valence-electron chi connectivity index (χ2n) is 3.42. The summed E-state index contributed by atoms with van der Waals surface area (Å²) in [5, 5.41) is 0. The summed E-state index contributed by atoms with van der Waals surface area (Å²) in [5.74, 6) is 0. The molecule has 0 spiro atoms. The zero-order chi connectivity index (χ0) is 12.9. The molecule has 0 saturated heterocycles. The molecule has 1 aromatic rings. The van der Waals surface area contributed by atoms with E-state index in [4.69, 9.17) is 4.74 Å². The zero-order valence-electron chi connectivity index (χ0n) is 9.26. The van der Waals surface area contributed by atoms with Crippen molar-refractivity contribution in [3.05, 3.63) is 54.1 Å². The first-order valence-corrected chi connectivity index (χ1v) is 5.00. The van der Waals surface area contributed by atoms with E-state index in [9.17, 15) is 13.2 Å². The maximum atomic E-state index is 12.5. The Morgan fingerprint density at radius 2 is 1.94 bits per heavy atom. The SMILES string of the molecule is C=CCOCc1cc(C(F)(F)F)ccc1C=C. The molecule has 0 fully saturated rings. The Bertz CT molecular complexity index is 408. The monoisotopic (exact) mass is 242 g/mol. The maximum absolute atomic E-state index is 12.5. The van der Waals surface area contributed by atoms with E-state index in [1.165, 1.54) is 12.1 Å². The molecule has 1 rings (SSSR count). The van der Waals surface area contributed by atoms with E-state index >= 15 is 0 Å². The molecule has 0 bridgehead atoms. The van der Waals surface area contributed by atoms with Gasteiger partial charge in [-0.15, -0.1) is 6.58 Å². The van der Waals surface area contributed by atoms with Gasteiger partial charge in [0, 0.05) is 0 Å². The Morgan fingerprint density at radius 1 is 1.24 bits per heavy atom. The molecule has 0 amide bonds. The van der Waals surface area contributed by atoms with Gasteiger partial charge in [0.25, 0.3) is 0 Å². The summed E-state index contributed by atoms with van der Waals surface area (Å²) < 4.78 is 42.7. The van der Waals surface area contributed by atoms with Crippen LogP contribution in [0.4, 0.5) is 13.2 Å². The van der Waals surface area contributed by atoms with Gasteiger partial charge in [-0.1, -0.05) is 24.8 Å². The largest absolute Gasteiger partial charge is 0.416 e. The molecule has 1 nitrogen and oxygen atoms in total. The minimum Gasteiger partial charge on any atom is -0.373 e. The van der Waals surface area contributed by atoms with Crippen molar-refractivity contribution in [3.8, 4) is 0 Å². The second-order valence-corrected chi connectivity index (χ2v) is 3.42. The van der Waals surface area contributed by atoms with Crippen LogP contribution in [0.3, 0.4) is 0 Å². The summed E-state index contributed by atoms with van der Waals surface area (Å²) in [4.78, 5) is 0. The maximum Gasteiger partial charge on any atom is 0.416 e. The lowest BCUT2D eigenvalue weighted by molar-refractivity contribution is -0.137. The van der Waals surface area contributed by atoms with Gasteiger partial charge >= 0.3 is 6.18 Å². The van der Waals surface area contributed by atoms with Crippen molar-refractivity contribution in [2.24, 2.45) is 0 Å². The van der Waals surface area contributed by atoms with Gasteiger partial charge in [0.1, 0.15) is 0 Å². The third-order valence-electron chi connectivity index (χ3n) is 2.18. The first-order chi connectivity index (χ1) is 7.99. The predicted octanol–water partition coefficient (Wildman–Crippen LogP) is 4.05. The summed E-state index contributed by atoms with van der Waals surface area (Å²) in [6, 6.07) is 3.51. The lowest BCUT2D eigenvalue weighted by Gasteiger charge is -2.11. The predicted molar refractivity (Wildman–Crippen MR) is 61.4 cm³/mol. The fraction of sp³-hybridized carbons (Fsp3) is 0.231. The van der Waals surface area contributed by atoms with Crippen molar-refractivity contribution in [1.29, 1.82) is 0 Å². The van der Waals surface area contributed by atoms with Crippen LogP contribution in [-0.4, -0.2) is 6.61 Å². The highest BCUT2D eigenvalue weighted by Crippen LogP contribution is 2.31. The summed E-state index contributed by atoms with van der Waals surface area (Å²) in [5.41, 5.74) is 0.430. The van der Waals surface area contributed by atoms with Crippen molar-refractivity contribution in [2.75, 3.05) is 6.61 Å². The molecule has 1 aromatic carbocycles. The molecular formula is C13H13F3O. The topological polar surface area (TPSA) is 9.23 Å². The Morgan fingerprint density at radius 3 is 2.47 bits per heavy atom. The minimum atomic E-state index is -4.34. The van der Waals surface area contributed by atoms with Crippen LogP contribution in [0.25, 0.3) is 6.08 Å². The molecule has 0 aliphatic heterocycles. The fourth-order valence-electron chi connectivity index (χ4n) is 1.36. The molecular weight excluding hydrogens is 229 g/mol. The van der Waals surface area contributed by atoms with E-state index in [1.807, 2.05) is 0 Å².